The van der Waals surface area contributed by atoms with Crippen LogP contribution in [0.2, 0.25) is 0 Å². The van der Waals surface area contributed by atoms with Gasteiger partial charge in [0.25, 0.3) is 0 Å². The first-order valence-corrected chi connectivity index (χ1v) is 8.80. The fraction of sp³-hybridized carbons (Fsp3) is 0.421. The van der Waals surface area contributed by atoms with E-state index in [1.807, 2.05) is 0 Å². The summed E-state index contributed by atoms with van der Waals surface area (Å²) in [5, 5.41) is 12.8. The van der Waals surface area contributed by atoms with Crippen LogP contribution in [0.4, 0.5) is 0 Å². The Morgan fingerprint density at radius 2 is 2.00 bits per heavy atom. The molecule has 1 unspecified atom stereocenters. The van der Waals surface area contributed by atoms with Crippen molar-refractivity contribution in [2.24, 2.45) is 0 Å². The van der Waals surface area contributed by atoms with Crippen LogP contribution in [-0.4, -0.2) is 37.8 Å². The highest BCUT2D eigenvalue weighted by molar-refractivity contribution is 5.77. The Hall–Kier alpha value is -2.27. The summed E-state index contributed by atoms with van der Waals surface area (Å²) in [6.07, 6.45) is 5.20. The van der Waals surface area contributed by atoms with E-state index in [1.165, 1.54) is 37.1 Å². The third kappa shape index (κ3) is 2.69. The van der Waals surface area contributed by atoms with Crippen LogP contribution < -0.4 is 0 Å². The van der Waals surface area contributed by atoms with Crippen molar-refractivity contribution in [1.29, 1.82) is 0 Å². The Balaban J connectivity index is 1.77. The molecule has 1 aliphatic rings. The van der Waals surface area contributed by atoms with Gasteiger partial charge in [0.1, 0.15) is 6.33 Å². The van der Waals surface area contributed by atoms with Gasteiger partial charge in [-0.25, -0.2) is 0 Å². The van der Waals surface area contributed by atoms with Gasteiger partial charge in [-0.2, -0.15) is 9.61 Å². The maximum Gasteiger partial charge on any atom is 0.185 e. The van der Waals surface area contributed by atoms with Crippen molar-refractivity contribution >= 4 is 5.65 Å². The largest absolute Gasteiger partial charge is 0.297 e. The molecule has 5 heteroatoms. The van der Waals surface area contributed by atoms with Gasteiger partial charge in [0.05, 0.1) is 5.69 Å². The van der Waals surface area contributed by atoms with E-state index >= 15 is 0 Å². The van der Waals surface area contributed by atoms with Crippen molar-refractivity contribution in [2.45, 2.75) is 39.2 Å². The highest BCUT2D eigenvalue weighted by Crippen LogP contribution is 2.30. The molecule has 0 bridgehead atoms. The van der Waals surface area contributed by atoms with Gasteiger partial charge in [-0.05, 0) is 62.5 Å². The first kappa shape index (κ1) is 15.3. The molecule has 0 aliphatic carbocycles. The van der Waals surface area contributed by atoms with E-state index in [9.17, 15) is 0 Å². The van der Waals surface area contributed by atoms with Gasteiger partial charge < -0.3 is 0 Å². The number of aromatic nitrogens is 4. The van der Waals surface area contributed by atoms with Crippen LogP contribution in [0.5, 0.6) is 0 Å². The topological polar surface area (TPSA) is 46.3 Å². The average molecular weight is 321 g/mol. The second kappa shape index (κ2) is 6.32. The van der Waals surface area contributed by atoms with Gasteiger partial charge in [0.15, 0.2) is 5.65 Å². The van der Waals surface area contributed by atoms with E-state index in [2.05, 4.69) is 64.4 Å². The molecule has 4 rings (SSSR count). The molecule has 124 valence electrons. The maximum absolute atomic E-state index is 4.54. The number of benzene rings is 1. The van der Waals surface area contributed by atoms with E-state index in [1.54, 1.807) is 10.8 Å². The lowest BCUT2D eigenvalue weighted by molar-refractivity contribution is 0.263. The van der Waals surface area contributed by atoms with Crippen LogP contribution in [0.15, 0.2) is 36.7 Å². The zero-order chi connectivity index (χ0) is 16.5. The molecule has 3 heterocycles. The minimum atomic E-state index is 0.453. The molecule has 3 aromatic rings. The number of nitrogens with zero attached hydrogens (tertiary/aromatic N) is 5. The molecular formula is C19H23N5. The molecule has 1 aliphatic heterocycles. The molecule has 0 radical (unpaired) electrons. The van der Waals surface area contributed by atoms with Crippen LogP contribution >= 0.6 is 0 Å². The lowest BCUT2D eigenvalue weighted by atomic mass is 9.99. The number of hydrogen-bond donors (Lipinski definition) is 0. The number of likely N-dealkylation sites (tertiary alicyclic amines) is 1. The fourth-order valence-electron chi connectivity index (χ4n) is 3.57. The van der Waals surface area contributed by atoms with Crippen LogP contribution in [0.3, 0.4) is 0 Å². The zero-order valence-corrected chi connectivity index (χ0v) is 14.3. The first-order chi connectivity index (χ1) is 11.8. The van der Waals surface area contributed by atoms with E-state index in [0.29, 0.717) is 6.04 Å². The Morgan fingerprint density at radius 1 is 1.17 bits per heavy atom. The molecule has 0 N–H and O–H groups in total. The van der Waals surface area contributed by atoms with Crippen molar-refractivity contribution in [2.75, 3.05) is 13.1 Å². The van der Waals surface area contributed by atoms with Gasteiger partial charge in [0.2, 0.25) is 0 Å². The highest BCUT2D eigenvalue weighted by Gasteiger charge is 2.20. The summed E-state index contributed by atoms with van der Waals surface area (Å²) in [5.74, 6) is 0. The second-order valence-corrected chi connectivity index (χ2v) is 6.55. The van der Waals surface area contributed by atoms with Crippen molar-refractivity contribution in [3.05, 3.63) is 47.9 Å². The fourth-order valence-corrected chi connectivity index (χ4v) is 3.57. The van der Waals surface area contributed by atoms with E-state index < -0.39 is 0 Å². The lowest BCUT2D eigenvalue weighted by Gasteiger charge is -2.24. The highest BCUT2D eigenvalue weighted by atomic mass is 15.3. The number of rotatable bonds is 4. The maximum atomic E-state index is 4.54. The second-order valence-electron chi connectivity index (χ2n) is 6.55. The molecule has 0 saturated carbocycles. The smallest absolute Gasteiger partial charge is 0.185 e. The monoisotopic (exact) mass is 321 g/mol. The van der Waals surface area contributed by atoms with Crippen LogP contribution in [0.25, 0.3) is 16.8 Å². The van der Waals surface area contributed by atoms with Crippen LogP contribution in [0, 0.1) is 0 Å². The average Bonchev–Trinajstić information content (AvgIpc) is 3.31. The summed E-state index contributed by atoms with van der Waals surface area (Å²) in [6, 6.07) is 11.4. The van der Waals surface area contributed by atoms with Crippen LogP contribution in [0.1, 0.15) is 44.0 Å². The Kier molecular flexibility index (Phi) is 4.02. The van der Waals surface area contributed by atoms with Crippen molar-refractivity contribution in [3.63, 3.8) is 0 Å². The van der Waals surface area contributed by atoms with Crippen molar-refractivity contribution in [1.82, 2.24) is 24.7 Å². The van der Waals surface area contributed by atoms with E-state index in [4.69, 9.17) is 0 Å². The van der Waals surface area contributed by atoms with Crippen LogP contribution in [-0.2, 0) is 6.42 Å². The predicted molar refractivity (Wildman–Crippen MR) is 94.8 cm³/mol. The SMILES string of the molecule is CCc1cc(-c2cccc(C(C)N3CCCC3)c2)c2nncn2n1. The zero-order valence-electron chi connectivity index (χ0n) is 14.3. The molecular weight excluding hydrogens is 298 g/mol. The molecule has 24 heavy (non-hydrogen) atoms. The third-order valence-corrected chi connectivity index (χ3v) is 5.05. The van der Waals surface area contributed by atoms with Crippen molar-refractivity contribution < 1.29 is 0 Å². The molecule has 0 amide bonds. The molecule has 1 aromatic carbocycles. The number of fused-ring (bicyclic) bond motifs is 1. The minimum absolute atomic E-state index is 0.453. The standard InChI is InChI=1S/C19H23N5/c1-3-17-12-18(19-21-20-13-24(19)22-17)16-8-6-7-15(11-16)14(2)23-9-4-5-10-23/h6-8,11-14H,3-5,9-10H2,1-2H3. The molecule has 5 nitrogen and oxygen atoms in total. The summed E-state index contributed by atoms with van der Waals surface area (Å²) in [7, 11) is 0. The summed E-state index contributed by atoms with van der Waals surface area (Å²) in [5.41, 5.74) is 5.53. The number of hydrogen-bond acceptors (Lipinski definition) is 4. The summed E-state index contributed by atoms with van der Waals surface area (Å²) in [6.45, 7) is 6.83. The van der Waals surface area contributed by atoms with E-state index in [0.717, 1.165) is 23.3 Å². The summed E-state index contributed by atoms with van der Waals surface area (Å²) >= 11 is 0. The minimum Gasteiger partial charge on any atom is -0.297 e. The van der Waals surface area contributed by atoms with Crippen molar-refractivity contribution in [3.8, 4) is 11.1 Å². The van der Waals surface area contributed by atoms with Gasteiger partial charge in [-0.1, -0.05) is 25.1 Å². The molecule has 1 saturated heterocycles. The van der Waals surface area contributed by atoms with Gasteiger partial charge >= 0.3 is 0 Å². The van der Waals surface area contributed by atoms with Gasteiger partial charge in [-0.3, -0.25) is 4.90 Å². The van der Waals surface area contributed by atoms with E-state index in [-0.39, 0.29) is 0 Å². The van der Waals surface area contributed by atoms with Gasteiger partial charge in [-0.15, -0.1) is 10.2 Å². The predicted octanol–water partition coefficient (Wildman–Crippen LogP) is 3.51. The normalized spacial score (nSPS) is 16.8. The van der Waals surface area contributed by atoms with Gasteiger partial charge in [0, 0.05) is 11.6 Å². The number of aryl methyl sites for hydroxylation is 1. The lowest BCUT2D eigenvalue weighted by Crippen LogP contribution is -2.23. The Morgan fingerprint density at radius 3 is 2.79 bits per heavy atom. The molecule has 2 aromatic heterocycles. The Bertz CT molecular complexity index is 848. The summed E-state index contributed by atoms with van der Waals surface area (Å²) in [4.78, 5) is 2.57. The summed E-state index contributed by atoms with van der Waals surface area (Å²) < 4.78 is 1.78. The quantitative estimate of drug-likeness (QED) is 0.738. The molecule has 1 fully saturated rings. The first-order valence-electron chi connectivity index (χ1n) is 8.80. The third-order valence-electron chi connectivity index (χ3n) is 5.05. The molecule has 1 atom stereocenters. The molecule has 0 spiro atoms. The Labute approximate surface area is 142 Å².